The van der Waals surface area contributed by atoms with Crippen LogP contribution < -0.4 is 16.3 Å². The maximum Gasteiger partial charge on any atom is 0.407 e. The van der Waals surface area contributed by atoms with Gasteiger partial charge in [0.15, 0.2) is 0 Å². The minimum atomic E-state index is -0.410. The van der Waals surface area contributed by atoms with Crippen LogP contribution in [-0.2, 0) is 23.8 Å². The lowest BCUT2D eigenvalue weighted by Gasteiger charge is -2.61. The number of amides is 2. The van der Waals surface area contributed by atoms with Crippen molar-refractivity contribution in [3.8, 4) is 0 Å². The summed E-state index contributed by atoms with van der Waals surface area (Å²) in [7, 11) is 0. The van der Waals surface area contributed by atoms with E-state index in [1.54, 1.807) is 6.26 Å². The van der Waals surface area contributed by atoms with E-state index in [9.17, 15) is 19.2 Å². The lowest BCUT2D eigenvalue weighted by Crippen LogP contribution is -2.59. The molecular formula is C33H45N3O8. The van der Waals surface area contributed by atoms with Gasteiger partial charge in [-0.1, -0.05) is 13.8 Å². The molecule has 11 heteroatoms. The molecule has 2 saturated heterocycles. The minimum Gasteiger partial charge on any atom is -0.459 e. The van der Waals surface area contributed by atoms with Crippen LogP contribution >= 0.6 is 0 Å². The smallest absolute Gasteiger partial charge is 0.407 e. The number of hydrogen-bond donors (Lipinski definition) is 2. The van der Waals surface area contributed by atoms with E-state index in [2.05, 4.69) is 24.5 Å². The van der Waals surface area contributed by atoms with Crippen LogP contribution in [0.3, 0.4) is 0 Å². The number of epoxide rings is 1. The second kappa shape index (κ2) is 10.9. The molecular weight excluding hydrogens is 566 g/mol. The van der Waals surface area contributed by atoms with Crippen LogP contribution in [0.5, 0.6) is 0 Å². The van der Waals surface area contributed by atoms with Gasteiger partial charge in [-0.3, -0.25) is 14.5 Å². The fraction of sp³-hybridized carbons (Fsp3) is 0.758. The molecule has 0 aromatic carbocycles. The second-order valence-corrected chi connectivity index (χ2v) is 14.6. The summed E-state index contributed by atoms with van der Waals surface area (Å²) in [5, 5.41) is 5.94. The highest BCUT2D eigenvalue weighted by Crippen LogP contribution is 2.78. The van der Waals surface area contributed by atoms with Gasteiger partial charge >= 0.3 is 17.7 Å². The van der Waals surface area contributed by atoms with Gasteiger partial charge in [0.1, 0.15) is 24.4 Å². The molecule has 2 aliphatic heterocycles. The zero-order valence-electron chi connectivity index (χ0n) is 26.0. The highest BCUT2D eigenvalue weighted by atomic mass is 16.7. The first-order valence-corrected chi connectivity index (χ1v) is 16.4. The van der Waals surface area contributed by atoms with Crippen molar-refractivity contribution >= 4 is 18.0 Å². The summed E-state index contributed by atoms with van der Waals surface area (Å²) in [6.07, 6.45) is 7.61. The minimum absolute atomic E-state index is 0.00894. The molecule has 10 atom stereocenters. The first kappa shape index (κ1) is 29.8. The number of ether oxygens (including phenoxy) is 3. The van der Waals surface area contributed by atoms with E-state index in [1.165, 1.54) is 13.0 Å². The molecule has 44 heavy (non-hydrogen) atoms. The summed E-state index contributed by atoms with van der Waals surface area (Å²) in [5.74, 6) is 0.934. The summed E-state index contributed by atoms with van der Waals surface area (Å²) in [5.41, 5.74) is 0.0347. The number of hydrogen-bond acceptors (Lipinski definition) is 9. The first-order chi connectivity index (χ1) is 21.0. The van der Waals surface area contributed by atoms with Crippen molar-refractivity contribution in [1.29, 1.82) is 0 Å². The number of carbonyl (C=O) groups excluding carboxylic acids is 3. The van der Waals surface area contributed by atoms with Crippen molar-refractivity contribution in [2.24, 2.45) is 28.6 Å². The average Bonchev–Trinajstić information content (AvgIpc) is 3.68. The molecule has 7 rings (SSSR count). The van der Waals surface area contributed by atoms with Gasteiger partial charge in [-0.05, 0) is 79.7 Å². The lowest BCUT2D eigenvalue weighted by molar-refractivity contribution is -0.156. The second-order valence-electron chi connectivity index (χ2n) is 14.6. The quantitative estimate of drug-likeness (QED) is 0.367. The summed E-state index contributed by atoms with van der Waals surface area (Å²) in [6.45, 7) is 8.76. The van der Waals surface area contributed by atoms with Gasteiger partial charge in [-0.15, -0.1) is 0 Å². The monoisotopic (exact) mass is 611 g/mol. The molecule has 0 radical (unpaired) electrons. The Labute approximate surface area is 257 Å². The largest absolute Gasteiger partial charge is 0.459 e. The van der Waals surface area contributed by atoms with Crippen LogP contribution in [0.2, 0.25) is 0 Å². The molecule has 4 saturated carbocycles. The number of rotatable bonds is 6. The first-order valence-electron chi connectivity index (χ1n) is 16.4. The van der Waals surface area contributed by atoms with E-state index in [0.717, 1.165) is 57.1 Å². The Morgan fingerprint density at radius 1 is 1.11 bits per heavy atom. The SMILES string of the molecule is CC(=O)O[C@H]1[C@H]2O[C@]23[C@@H]2CC[C@@H]4C[C@@H](NC(=O)OCCN5CCNC(=O)C5)CC[C@]4(C)[C@H]2CC[C@]3(C)[C@H]1c1ccc(=O)oc1. The lowest BCUT2D eigenvalue weighted by atomic mass is 9.44. The van der Waals surface area contributed by atoms with Gasteiger partial charge in [0.25, 0.3) is 0 Å². The van der Waals surface area contributed by atoms with E-state index in [-0.39, 0.29) is 59.1 Å². The van der Waals surface area contributed by atoms with Crippen molar-refractivity contribution in [1.82, 2.24) is 15.5 Å². The third kappa shape index (κ3) is 4.68. The van der Waals surface area contributed by atoms with E-state index in [1.807, 2.05) is 11.0 Å². The third-order valence-corrected chi connectivity index (χ3v) is 12.6. The Hall–Kier alpha value is -2.92. The molecule has 1 spiro atoms. The van der Waals surface area contributed by atoms with Crippen molar-refractivity contribution in [2.45, 2.75) is 95.5 Å². The van der Waals surface area contributed by atoms with Gasteiger partial charge in [0, 0.05) is 50.0 Å². The molecule has 3 heterocycles. The van der Waals surface area contributed by atoms with Gasteiger partial charge in [0.2, 0.25) is 5.91 Å². The molecule has 6 aliphatic rings. The standard InChI is InChI=1S/C33H45N3O8/c1-19(37)43-28-27(20-4-7-26(39)42-18-20)32(3)11-9-23-24(33(32)29(28)44-33)6-5-21-16-22(8-10-31(21,23)2)35-30(40)41-15-14-36-13-12-34-25(38)17-36/h4,7,18,21-24,27-29H,5-6,8-17H2,1-3H3,(H,34,38)(H,35,40)/t21-,22+,23+,24-,27+,28-,29-,31+,32-,33-/m1/s1. The number of nitrogens with one attached hydrogen (secondary N) is 2. The van der Waals surface area contributed by atoms with E-state index in [0.29, 0.717) is 37.4 Å². The molecule has 0 unspecified atom stereocenters. The molecule has 0 bridgehead atoms. The molecule has 1 aromatic heterocycles. The number of carbonyl (C=O) groups is 3. The predicted molar refractivity (Wildman–Crippen MR) is 158 cm³/mol. The van der Waals surface area contributed by atoms with Crippen molar-refractivity contribution in [3.05, 3.63) is 34.4 Å². The molecule has 11 nitrogen and oxygen atoms in total. The molecule has 1 aromatic rings. The van der Waals surface area contributed by atoms with Crippen LogP contribution in [0.15, 0.2) is 27.6 Å². The van der Waals surface area contributed by atoms with Gasteiger partial charge in [-0.2, -0.15) is 0 Å². The summed E-state index contributed by atoms with van der Waals surface area (Å²) < 4.78 is 23.5. The fourth-order valence-electron chi connectivity index (χ4n) is 10.6. The average molecular weight is 612 g/mol. The number of piperazine rings is 1. The van der Waals surface area contributed by atoms with E-state index >= 15 is 0 Å². The Balaban J connectivity index is 1.02. The molecule has 240 valence electrons. The molecule has 4 aliphatic carbocycles. The highest BCUT2D eigenvalue weighted by molar-refractivity contribution is 5.78. The molecule has 6 fully saturated rings. The summed E-state index contributed by atoms with van der Waals surface area (Å²) in [4.78, 5) is 50.3. The maximum atomic E-state index is 12.7. The Kier molecular flexibility index (Phi) is 7.35. The molecule has 2 N–H and O–H groups in total. The fourth-order valence-corrected chi connectivity index (χ4v) is 10.6. The Morgan fingerprint density at radius 3 is 2.70 bits per heavy atom. The van der Waals surface area contributed by atoms with Crippen molar-refractivity contribution in [2.75, 3.05) is 32.8 Å². The van der Waals surface area contributed by atoms with Gasteiger partial charge in [0.05, 0.1) is 12.8 Å². The van der Waals surface area contributed by atoms with Gasteiger partial charge < -0.3 is 29.3 Å². The van der Waals surface area contributed by atoms with Crippen molar-refractivity contribution < 1.29 is 33.0 Å². The number of esters is 1. The molecule has 2 amide bonds. The predicted octanol–water partition coefficient (Wildman–Crippen LogP) is 2.97. The Morgan fingerprint density at radius 2 is 1.95 bits per heavy atom. The highest BCUT2D eigenvalue weighted by Gasteiger charge is 2.84. The number of nitrogens with zero attached hydrogens (tertiary/aromatic N) is 1. The van der Waals surface area contributed by atoms with Crippen LogP contribution in [0.4, 0.5) is 4.79 Å². The zero-order chi connectivity index (χ0) is 30.9. The van der Waals surface area contributed by atoms with Crippen LogP contribution in [0.25, 0.3) is 0 Å². The van der Waals surface area contributed by atoms with Crippen molar-refractivity contribution in [3.63, 3.8) is 0 Å². The van der Waals surface area contributed by atoms with E-state index in [4.69, 9.17) is 18.6 Å². The van der Waals surface area contributed by atoms with E-state index < -0.39 is 11.7 Å². The summed E-state index contributed by atoms with van der Waals surface area (Å²) in [6, 6.07) is 3.37. The van der Waals surface area contributed by atoms with Crippen LogP contribution in [-0.4, -0.2) is 79.5 Å². The zero-order valence-corrected chi connectivity index (χ0v) is 26.0. The maximum absolute atomic E-state index is 12.7. The van der Waals surface area contributed by atoms with Gasteiger partial charge in [-0.25, -0.2) is 9.59 Å². The third-order valence-electron chi connectivity index (χ3n) is 12.6. The number of alkyl carbamates (subject to hydrolysis) is 1. The van der Waals surface area contributed by atoms with Crippen LogP contribution in [0, 0.1) is 28.6 Å². The summed E-state index contributed by atoms with van der Waals surface area (Å²) >= 11 is 0. The number of fused-ring (bicyclic) bond motifs is 3. The topological polar surface area (TPSA) is 140 Å². The Bertz CT molecular complexity index is 1360. The normalized spacial score (nSPS) is 42.5. The van der Waals surface area contributed by atoms with Crippen LogP contribution in [0.1, 0.15) is 77.2 Å².